The fraction of sp³-hybridized carbons (Fsp3) is 0.385. The maximum Gasteiger partial charge on any atom is 0.274 e. The molecular formula is C39H46ClN5O4. The van der Waals surface area contributed by atoms with E-state index >= 15 is 0 Å². The number of unbranched alkanes of at least 4 members (excludes halogenated alkanes) is 2. The second-order valence-corrected chi connectivity index (χ2v) is 13.2. The molecule has 1 atom stereocenters. The first-order chi connectivity index (χ1) is 23.7. The van der Waals surface area contributed by atoms with E-state index in [0.717, 1.165) is 42.4 Å². The van der Waals surface area contributed by atoms with Crippen molar-refractivity contribution >= 4 is 35.0 Å². The van der Waals surface area contributed by atoms with Gasteiger partial charge in [0, 0.05) is 42.5 Å². The molecule has 2 N–H and O–H groups in total. The van der Waals surface area contributed by atoms with Gasteiger partial charge in [-0.15, -0.1) is 0 Å². The molecule has 0 radical (unpaired) electrons. The van der Waals surface area contributed by atoms with E-state index in [0.29, 0.717) is 65.8 Å². The molecule has 9 nitrogen and oxygen atoms in total. The predicted molar refractivity (Wildman–Crippen MR) is 193 cm³/mol. The zero-order chi connectivity index (χ0) is 34.9. The van der Waals surface area contributed by atoms with E-state index in [4.69, 9.17) is 16.7 Å². The first kappa shape index (κ1) is 35.8. The molecule has 3 aromatic carbocycles. The molecule has 0 unspecified atom stereocenters. The van der Waals surface area contributed by atoms with Gasteiger partial charge in [0.2, 0.25) is 5.91 Å². The van der Waals surface area contributed by atoms with Gasteiger partial charge in [0.15, 0.2) is 5.69 Å². The van der Waals surface area contributed by atoms with Crippen LogP contribution in [-0.4, -0.2) is 68.1 Å². The number of hydrogen-bond acceptors (Lipinski definition) is 5. The maximum atomic E-state index is 14.5. The van der Waals surface area contributed by atoms with Crippen molar-refractivity contribution in [2.45, 2.75) is 78.3 Å². The Labute approximate surface area is 293 Å². The summed E-state index contributed by atoms with van der Waals surface area (Å²) in [5.41, 5.74) is 5.42. The van der Waals surface area contributed by atoms with Crippen LogP contribution in [-0.2, 0) is 24.2 Å². The van der Waals surface area contributed by atoms with Crippen LogP contribution in [0.25, 0.3) is 5.69 Å². The standard InChI is InChI=1S/C39H46ClN5O4/c1-4-6-20-43(21-7-5-2)39(49)35-22-27(3)45(42-35)36-18-17-32(41-37(47)19-14-28-12-15-31(40)16-13-28)24-34(36)38(48)44-25-30-11-9-8-10-29(30)23-33(44)26-46/h8-13,15-18,22,24,33,46H,4-7,14,19-21,23,25-26H2,1-3H3,(H,41,47)/t33-/m0/s1. The van der Waals surface area contributed by atoms with Gasteiger partial charge in [-0.2, -0.15) is 5.10 Å². The van der Waals surface area contributed by atoms with Crippen LogP contribution in [0.15, 0.2) is 72.8 Å². The second-order valence-electron chi connectivity index (χ2n) is 12.7. The van der Waals surface area contributed by atoms with Crippen molar-refractivity contribution < 1.29 is 19.5 Å². The van der Waals surface area contributed by atoms with E-state index < -0.39 is 6.04 Å². The Morgan fingerprint density at radius 3 is 2.33 bits per heavy atom. The lowest BCUT2D eigenvalue weighted by Crippen LogP contribution is -2.46. The monoisotopic (exact) mass is 683 g/mol. The molecule has 0 saturated heterocycles. The van der Waals surface area contributed by atoms with Crippen molar-refractivity contribution in [2.75, 3.05) is 25.0 Å². The highest BCUT2D eigenvalue weighted by molar-refractivity contribution is 6.30. The Morgan fingerprint density at radius 2 is 1.65 bits per heavy atom. The van der Waals surface area contributed by atoms with Gasteiger partial charge in [0.25, 0.3) is 11.8 Å². The molecule has 0 fully saturated rings. The number of fused-ring (bicyclic) bond motifs is 1. The Hall–Kier alpha value is -4.47. The van der Waals surface area contributed by atoms with Crippen molar-refractivity contribution in [1.82, 2.24) is 19.6 Å². The molecular weight excluding hydrogens is 638 g/mol. The van der Waals surface area contributed by atoms with Crippen LogP contribution in [0, 0.1) is 6.92 Å². The number of aromatic nitrogens is 2. The lowest BCUT2D eigenvalue weighted by Gasteiger charge is -2.36. The number of aliphatic hydroxyl groups excluding tert-OH is 1. The first-order valence-electron chi connectivity index (χ1n) is 17.3. The number of nitrogens with one attached hydrogen (secondary N) is 1. The Balaban J connectivity index is 1.48. The number of hydrogen-bond donors (Lipinski definition) is 2. The largest absolute Gasteiger partial charge is 0.394 e. The molecule has 0 bridgehead atoms. The topological polar surface area (TPSA) is 108 Å². The quantitative estimate of drug-likeness (QED) is 0.149. The third kappa shape index (κ3) is 8.77. The van der Waals surface area contributed by atoms with Crippen molar-refractivity contribution in [2.24, 2.45) is 0 Å². The Morgan fingerprint density at radius 1 is 0.959 bits per heavy atom. The van der Waals surface area contributed by atoms with Crippen LogP contribution in [0.5, 0.6) is 0 Å². The molecule has 0 aliphatic carbocycles. The summed E-state index contributed by atoms with van der Waals surface area (Å²) in [6.07, 6.45) is 5.09. The molecule has 5 rings (SSSR count). The molecule has 0 saturated carbocycles. The number of carbonyl (C=O) groups is 3. The Kier molecular flexibility index (Phi) is 12.3. The van der Waals surface area contributed by atoms with Crippen LogP contribution in [0.1, 0.15) is 89.2 Å². The number of halogens is 1. The Bertz CT molecular complexity index is 1760. The molecule has 258 valence electrons. The highest BCUT2D eigenvalue weighted by atomic mass is 35.5. The number of anilines is 1. The molecule has 49 heavy (non-hydrogen) atoms. The summed E-state index contributed by atoms with van der Waals surface area (Å²) in [6, 6.07) is 21.9. The number of nitrogens with zero attached hydrogens (tertiary/aromatic N) is 4. The first-order valence-corrected chi connectivity index (χ1v) is 17.6. The van der Waals surface area contributed by atoms with Gasteiger partial charge in [-0.3, -0.25) is 14.4 Å². The third-order valence-electron chi connectivity index (χ3n) is 9.08. The number of rotatable bonds is 14. The van der Waals surface area contributed by atoms with Gasteiger partial charge in [-0.1, -0.05) is 74.7 Å². The van der Waals surface area contributed by atoms with E-state index in [1.54, 1.807) is 46.0 Å². The minimum Gasteiger partial charge on any atom is -0.394 e. The number of benzene rings is 3. The highest BCUT2D eigenvalue weighted by Crippen LogP contribution is 2.29. The summed E-state index contributed by atoms with van der Waals surface area (Å²) in [7, 11) is 0. The summed E-state index contributed by atoms with van der Waals surface area (Å²) in [5.74, 6) is -0.617. The van der Waals surface area contributed by atoms with E-state index in [-0.39, 0.29) is 30.7 Å². The van der Waals surface area contributed by atoms with Crippen molar-refractivity contribution in [3.8, 4) is 5.69 Å². The van der Waals surface area contributed by atoms with Gasteiger partial charge in [-0.25, -0.2) is 4.68 Å². The summed E-state index contributed by atoms with van der Waals surface area (Å²) < 4.78 is 1.64. The normalized spacial score (nSPS) is 14.0. The van der Waals surface area contributed by atoms with E-state index in [9.17, 15) is 19.5 Å². The van der Waals surface area contributed by atoms with Gasteiger partial charge in [-0.05, 0) is 85.7 Å². The van der Waals surface area contributed by atoms with Gasteiger partial charge in [0.1, 0.15) is 0 Å². The zero-order valence-corrected chi connectivity index (χ0v) is 29.4. The van der Waals surface area contributed by atoms with E-state index in [1.807, 2.05) is 48.2 Å². The van der Waals surface area contributed by atoms with E-state index in [1.165, 1.54) is 0 Å². The number of carbonyl (C=O) groups excluding carboxylic acids is 3. The summed E-state index contributed by atoms with van der Waals surface area (Å²) in [6.45, 7) is 7.54. The van der Waals surface area contributed by atoms with E-state index in [2.05, 4.69) is 19.2 Å². The fourth-order valence-electron chi connectivity index (χ4n) is 6.24. The van der Waals surface area contributed by atoms with Crippen molar-refractivity contribution in [3.05, 3.63) is 111 Å². The molecule has 1 aromatic heterocycles. The summed E-state index contributed by atoms with van der Waals surface area (Å²) in [4.78, 5) is 44.8. The number of aryl methyl sites for hydroxylation is 2. The average molecular weight is 684 g/mol. The fourth-order valence-corrected chi connectivity index (χ4v) is 6.37. The van der Waals surface area contributed by atoms with Gasteiger partial charge < -0.3 is 20.2 Å². The van der Waals surface area contributed by atoms with Crippen LogP contribution < -0.4 is 5.32 Å². The minimum atomic E-state index is -0.422. The smallest absolute Gasteiger partial charge is 0.274 e. The van der Waals surface area contributed by atoms with Crippen molar-refractivity contribution in [1.29, 1.82) is 0 Å². The number of aliphatic hydroxyl groups is 1. The highest BCUT2D eigenvalue weighted by Gasteiger charge is 2.32. The molecule has 0 spiro atoms. The summed E-state index contributed by atoms with van der Waals surface area (Å²) in [5, 5.41) is 18.7. The zero-order valence-electron chi connectivity index (χ0n) is 28.6. The number of amides is 3. The molecule has 2 heterocycles. The minimum absolute atomic E-state index is 0.130. The molecule has 4 aromatic rings. The maximum absolute atomic E-state index is 14.5. The molecule has 1 aliphatic rings. The lowest BCUT2D eigenvalue weighted by molar-refractivity contribution is -0.116. The van der Waals surface area contributed by atoms with Crippen LogP contribution >= 0.6 is 11.6 Å². The molecule has 1 aliphatic heterocycles. The van der Waals surface area contributed by atoms with Gasteiger partial charge >= 0.3 is 0 Å². The van der Waals surface area contributed by atoms with Crippen LogP contribution in [0.3, 0.4) is 0 Å². The summed E-state index contributed by atoms with van der Waals surface area (Å²) >= 11 is 6.01. The van der Waals surface area contributed by atoms with Crippen LogP contribution in [0.4, 0.5) is 5.69 Å². The van der Waals surface area contributed by atoms with Gasteiger partial charge in [0.05, 0.1) is 23.9 Å². The predicted octanol–water partition coefficient (Wildman–Crippen LogP) is 7.01. The SMILES string of the molecule is CCCCN(CCCC)C(=O)c1cc(C)n(-c2ccc(NC(=O)CCc3ccc(Cl)cc3)cc2C(=O)N2Cc3ccccc3C[C@H]2CO)n1. The lowest BCUT2D eigenvalue weighted by atomic mass is 9.93. The van der Waals surface area contributed by atoms with Crippen molar-refractivity contribution in [3.63, 3.8) is 0 Å². The molecule has 10 heteroatoms. The molecule has 3 amide bonds. The van der Waals surface area contributed by atoms with Crippen LogP contribution in [0.2, 0.25) is 5.02 Å². The second kappa shape index (κ2) is 16.8. The third-order valence-corrected chi connectivity index (χ3v) is 9.33. The average Bonchev–Trinajstić information content (AvgIpc) is 3.51.